The molecule has 5 nitrogen and oxygen atoms in total. The summed E-state index contributed by atoms with van der Waals surface area (Å²) in [4.78, 5) is 17.4. The highest BCUT2D eigenvalue weighted by Gasteiger charge is 2.22. The van der Waals surface area contributed by atoms with Gasteiger partial charge in [-0.05, 0) is 27.2 Å². The van der Waals surface area contributed by atoms with Crippen LogP contribution in [0.3, 0.4) is 0 Å². The van der Waals surface area contributed by atoms with Crippen LogP contribution in [-0.2, 0) is 4.74 Å². The van der Waals surface area contributed by atoms with E-state index in [4.69, 9.17) is 16.3 Å². The van der Waals surface area contributed by atoms with E-state index in [9.17, 15) is 9.18 Å². The van der Waals surface area contributed by atoms with E-state index >= 15 is 0 Å². The van der Waals surface area contributed by atoms with Crippen molar-refractivity contribution in [3.63, 3.8) is 0 Å². The summed E-state index contributed by atoms with van der Waals surface area (Å²) in [6, 6.07) is 1.55. The highest BCUT2D eigenvalue weighted by Crippen LogP contribution is 2.30. The van der Waals surface area contributed by atoms with Gasteiger partial charge in [-0.2, -0.15) is 4.39 Å². The topological polar surface area (TPSA) is 54.5 Å². The molecule has 2 rings (SSSR count). The number of carbonyl (C=O) groups is 1. The second-order valence-electron chi connectivity index (χ2n) is 5.60. The highest BCUT2D eigenvalue weighted by molar-refractivity contribution is 6.33. The molecule has 1 aromatic heterocycles. The van der Waals surface area contributed by atoms with Crippen molar-refractivity contribution in [1.82, 2.24) is 4.98 Å². The quantitative estimate of drug-likeness (QED) is 0.850. The molecule has 0 atom stereocenters. The molecule has 20 heavy (non-hydrogen) atoms. The van der Waals surface area contributed by atoms with E-state index in [0.29, 0.717) is 5.82 Å². The van der Waals surface area contributed by atoms with Crippen molar-refractivity contribution in [1.29, 1.82) is 0 Å². The summed E-state index contributed by atoms with van der Waals surface area (Å²) in [5.74, 6) is -0.341. The van der Waals surface area contributed by atoms with Crippen LogP contribution in [0.2, 0.25) is 5.02 Å². The third-order valence-electron chi connectivity index (χ3n) is 2.72. The van der Waals surface area contributed by atoms with E-state index in [1.807, 2.05) is 4.90 Å². The van der Waals surface area contributed by atoms with Crippen molar-refractivity contribution >= 4 is 29.2 Å². The molecule has 0 aliphatic carbocycles. The van der Waals surface area contributed by atoms with Gasteiger partial charge in [0.25, 0.3) is 0 Å². The Morgan fingerprint density at radius 3 is 2.65 bits per heavy atom. The van der Waals surface area contributed by atoms with Gasteiger partial charge >= 0.3 is 6.09 Å². The van der Waals surface area contributed by atoms with Gasteiger partial charge in [0.2, 0.25) is 5.95 Å². The van der Waals surface area contributed by atoms with Crippen LogP contribution in [-0.4, -0.2) is 29.8 Å². The SMILES string of the molecule is CC(C)(C)OC(=O)Nc1cc(N2CCC2)nc(F)c1Cl. The Kier molecular flexibility index (Phi) is 4.04. The Bertz CT molecular complexity index is 527. The number of pyridine rings is 1. The van der Waals surface area contributed by atoms with Crippen molar-refractivity contribution in [3.05, 3.63) is 17.0 Å². The fourth-order valence-corrected chi connectivity index (χ4v) is 1.84. The van der Waals surface area contributed by atoms with Gasteiger partial charge in [-0.15, -0.1) is 0 Å². The molecule has 1 aromatic rings. The summed E-state index contributed by atoms with van der Waals surface area (Å²) in [5.41, 5.74) is -0.474. The van der Waals surface area contributed by atoms with E-state index in [0.717, 1.165) is 19.5 Å². The maximum Gasteiger partial charge on any atom is 0.412 e. The molecule has 1 N–H and O–H groups in total. The number of amides is 1. The van der Waals surface area contributed by atoms with Crippen molar-refractivity contribution in [2.75, 3.05) is 23.3 Å². The van der Waals surface area contributed by atoms with Crippen LogP contribution in [0.4, 0.5) is 20.7 Å². The van der Waals surface area contributed by atoms with Crippen LogP contribution in [0.1, 0.15) is 27.2 Å². The van der Waals surface area contributed by atoms with Gasteiger partial charge in [-0.1, -0.05) is 11.6 Å². The lowest BCUT2D eigenvalue weighted by atomic mass is 10.2. The monoisotopic (exact) mass is 301 g/mol. The maximum absolute atomic E-state index is 13.7. The number of halogens is 2. The van der Waals surface area contributed by atoms with E-state index in [-0.39, 0.29) is 10.7 Å². The normalized spacial score (nSPS) is 14.8. The van der Waals surface area contributed by atoms with Crippen LogP contribution in [0.25, 0.3) is 0 Å². The molecule has 1 amide bonds. The minimum atomic E-state index is -0.804. The number of nitrogens with one attached hydrogen (secondary N) is 1. The zero-order chi connectivity index (χ0) is 14.9. The molecule has 1 fully saturated rings. The number of ether oxygens (including phenoxy) is 1. The molecular formula is C13H17ClFN3O2. The standard InChI is InChI=1S/C13H17ClFN3O2/c1-13(2,3)20-12(19)16-8-7-9(18-5-4-6-18)17-11(15)10(8)14/h7H,4-6H2,1-3H3,(H,16,17,19). The lowest BCUT2D eigenvalue weighted by molar-refractivity contribution is 0.0636. The number of nitrogens with zero attached hydrogens (tertiary/aromatic N) is 2. The molecule has 0 aromatic carbocycles. The molecule has 110 valence electrons. The van der Waals surface area contributed by atoms with Gasteiger partial charge in [0.15, 0.2) is 0 Å². The molecule has 0 unspecified atom stereocenters. The van der Waals surface area contributed by atoms with Crippen LogP contribution in [0.5, 0.6) is 0 Å². The number of hydrogen-bond donors (Lipinski definition) is 1. The molecule has 0 saturated carbocycles. The largest absolute Gasteiger partial charge is 0.444 e. The van der Waals surface area contributed by atoms with Crippen LogP contribution in [0, 0.1) is 5.95 Å². The Labute approximate surface area is 122 Å². The molecule has 0 bridgehead atoms. The van der Waals surface area contributed by atoms with Gasteiger partial charge in [-0.3, -0.25) is 5.32 Å². The smallest absolute Gasteiger partial charge is 0.412 e. The van der Waals surface area contributed by atoms with E-state index < -0.39 is 17.6 Å². The summed E-state index contributed by atoms with van der Waals surface area (Å²) >= 11 is 5.82. The highest BCUT2D eigenvalue weighted by atomic mass is 35.5. The Balaban J connectivity index is 2.17. The fourth-order valence-electron chi connectivity index (χ4n) is 1.70. The number of carbonyl (C=O) groups excluding carboxylic acids is 1. The molecule has 7 heteroatoms. The lowest BCUT2D eigenvalue weighted by Crippen LogP contribution is -2.37. The zero-order valence-corrected chi connectivity index (χ0v) is 12.4. The van der Waals surface area contributed by atoms with Crippen molar-refractivity contribution in [2.45, 2.75) is 32.8 Å². The van der Waals surface area contributed by atoms with Gasteiger partial charge < -0.3 is 9.64 Å². The van der Waals surface area contributed by atoms with Gasteiger partial charge in [0.1, 0.15) is 16.4 Å². The number of aromatic nitrogens is 1. The molecule has 1 aliphatic rings. The average molecular weight is 302 g/mol. The van der Waals surface area contributed by atoms with Crippen LogP contribution < -0.4 is 10.2 Å². The average Bonchev–Trinajstić information content (AvgIpc) is 2.19. The predicted molar refractivity (Wildman–Crippen MR) is 75.9 cm³/mol. The number of hydrogen-bond acceptors (Lipinski definition) is 4. The summed E-state index contributed by atoms with van der Waals surface area (Å²) in [6.07, 6.45) is 0.361. The fraction of sp³-hybridized carbons (Fsp3) is 0.538. The molecule has 0 radical (unpaired) electrons. The first-order valence-corrected chi connectivity index (χ1v) is 6.75. The van der Waals surface area contributed by atoms with E-state index in [2.05, 4.69) is 10.3 Å². The Morgan fingerprint density at radius 1 is 1.50 bits per heavy atom. The predicted octanol–water partition coefficient (Wildman–Crippen LogP) is 3.43. The van der Waals surface area contributed by atoms with Gasteiger partial charge in [0.05, 0.1) is 5.69 Å². The Hall–Kier alpha value is -1.56. The maximum atomic E-state index is 13.7. The number of anilines is 2. The second-order valence-corrected chi connectivity index (χ2v) is 5.98. The lowest BCUT2D eigenvalue weighted by Gasteiger charge is -2.32. The third kappa shape index (κ3) is 3.50. The van der Waals surface area contributed by atoms with E-state index in [1.165, 1.54) is 0 Å². The molecule has 0 spiro atoms. The Morgan fingerprint density at radius 2 is 2.15 bits per heavy atom. The molecule has 2 heterocycles. The minimum Gasteiger partial charge on any atom is -0.444 e. The van der Waals surface area contributed by atoms with Gasteiger partial charge in [0, 0.05) is 19.2 Å². The van der Waals surface area contributed by atoms with Crippen molar-refractivity contribution in [3.8, 4) is 0 Å². The van der Waals surface area contributed by atoms with Crippen molar-refractivity contribution < 1.29 is 13.9 Å². The first-order chi connectivity index (χ1) is 9.26. The molecule has 1 saturated heterocycles. The van der Waals surface area contributed by atoms with Gasteiger partial charge in [-0.25, -0.2) is 9.78 Å². The summed E-state index contributed by atoms with van der Waals surface area (Å²) in [6.45, 7) is 6.87. The summed E-state index contributed by atoms with van der Waals surface area (Å²) < 4.78 is 18.8. The zero-order valence-electron chi connectivity index (χ0n) is 11.7. The third-order valence-corrected chi connectivity index (χ3v) is 3.08. The minimum absolute atomic E-state index is 0.162. The molecular weight excluding hydrogens is 285 g/mol. The second kappa shape index (κ2) is 5.44. The first kappa shape index (κ1) is 14.8. The van der Waals surface area contributed by atoms with Crippen LogP contribution in [0.15, 0.2) is 6.07 Å². The number of rotatable bonds is 2. The summed E-state index contributed by atoms with van der Waals surface area (Å²) in [7, 11) is 0. The van der Waals surface area contributed by atoms with E-state index in [1.54, 1.807) is 26.8 Å². The van der Waals surface area contributed by atoms with Crippen LogP contribution >= 0.6 is 11.6 Å². The summed E-state index contributed by atoms with van der Waals surface area (Å²) in [5, 5.41) is 2.23. The molecule has 1 aliphatic heterocycles. The first-order valence-electron chi connectivity index (χ1n) is 6.37. The van der Waals surface area contributed by atoms with Crippen molar-refractivity contribution in [2.24, 2.45) is 0 Å².